The zero-order chi connectivity index (χ0) is 15.2. The van der Waals surface area contributed by atoms with Crippen molar-refractivity contribution in [2.24, 2.45) is 0 Å². The molecule has 1 aromatic carbocycles. The van der Waals surface area contributed by atoms with Gasteiger partial charge in [-0.05, 0) is 38.5 Å². The Labute approximate surface area is 138 Å². The van der Waals surface area contributed by atoms with E-state index in [9.17, 15) is 4.79 Å². The normalized spacial score (nSPS) is 21.3. The molecule has 2 N–H and O–H groups in total. The lowest BCUT2D eigenvalue weighted by molar-refractivity contribution is -0.123. The first kappa shape index (κ1) is 18.9. The average molecular weight is 329 g/mol. The van der Waals surface area contributed by atoms with Gasteiger partial charge in [-0.25, -0.2) is 0 Å². The highest BCUT2D eigenvalue weighted by Crippen LogP contribution is 2.14. The summed E-state index contributed by atoms with van der Waals surface area (Å²) in [7, 11) is 0. The van der Waals surface area contributed by atoms with Crippen LogP contribution in [0, 0.1) is 0 Å². The number of hydrogen-bond donors (Lipinski definition) is 2. The molecular formula is C16H25ClN2O3. The van der Waals surface area contributed by atoms with Gasteiger partial charge in [0.1, 0.15) is 6.04 Å². The molecule has 22 heavy (non-hydrogen) atoms. The van der Waals surface area contributed by atoms with Crippen LogP contribution in [0.1, 0.15) is 26.3 Å². The number of halogens is 1. The smallest absolute Gasteiger partial charge is 0.244 e. The maximum absolute atomic E-state index is 12.3. The van der Waals surface area contributed by atoms with Crippen LogP contribution in [0.2, 0.25) is 0 Å². The Bertz CT molecular complexity index is 482. The molecule has 1 saturated heterocycles. The lowest BCUT2D eigenvalue weighted by atomic mass is 10.1. The van der Waals surface area contributed by atoms with Crippen molar-refractivity contribution in [2.75, 3.05) is 18.5 Å². The zero-order valence-electron chi connectivity index (χ0n) is 13.3. The van der Waals surface area contributed by atoms with E-state index in [1.165, 1.54) is 0 Å². The molecule has 1 aromatic rings. The van der Waals surface area contributed by atoms with E-state index in [0.717, 1.165) is 11.3 Å². The first-order valence-electron chi connectivity index (χ1n) is 7.42. The van der Waals surface area contributed by atoms with E-state index in [1.807, 2.05) is 45.0 Å². The van der Waals surface area contributed by atoms with Gasteiger partial charge in [-0.1, -0.05) is 12.1 Å². The van der Waals surface area contributed by atoms with Gasteiger partial charge in [-0.3, -0.25) is 4.79 Å². The highest BCUT2D eigenvalue weighted by Gasteiger charge is 2.28. The Balaban J connectivity index is 0.00000242. The largest absolute Gasteiger partial charge is 0.375 e. The van der Waals surface area contributed by atoms with E-state index in [0.29, 0.717) is 19.8 Å². The van der Waals surface area contributed by atoms with E-state index in [1.54, 1.807) is 0 Å². The third-order valence-electron chi connectivity index (χ3n) is 3.38. The fourth-order valence-electron chi connectivity index (χ4n) is 2.25. The van der Waals surface area contributed by atoms with Gasteiger partial charge >= 0.3 is 0 Å². The summed E-state index contributed by atoms with van der Waals surface area (Å²) >= 11 is 0. The summed E-state index contributed by atoms with van der Waals surface area (Å²) in [6.45, 7) is 7.80. The number of rotatable bonds is 5. The molecular weight excluding hydrogens is 304 g/mol. The molecule has 0 unspecified atom stereocenters. The molecule has 1 heterocycles. The van der Waals surface area contributed by atoms with Crippen LogP contribution >= 0.6 is 12.4 Å². The lowest BCUT2D eigenvalue weighted by Crippen LogP contribution is -2.53. The molecule has 1 aliphatic rings. The molecule has 0 aromatic heterocycles. The fraction of sp³-hybridized carbons (Fsp3) is 0.562. The predicted molar refractivity (Wildman–Crippen MR) is 89.4 cm³/mol. The Morgan fingerprint density at radius 3 is 2.95 bits per heavy atom. The molecule has 2 rings (SSSR count). The minimum absolute atomic E-state index is 0. The van der Waals surface area contributed by atoms with Crippen LogP contribution in [0.25, 0.3) is 0 Å². The summed E-state index contributed by atoms with van der Waals surface area (Å²) in [5.41, 5.74) is 1.83. The molecule has 1 amide bonds. The van der Waals surface area contributed by atoms with Gasteiger partial charge in [0.25, 0.3) is 0 Å². The first-order chi connectivity index (χ1) is 10.1. The van der Waals surface area contributed by atoms with Crippen LogP contribution in [0.15, 0.2) is 24.3 Å². The van der Waals surface area contributed by atoms with E-state index in [2.05, 4.69) is 10.6 Å². The van der Waals surface area contributed by atoms with Crippen molar-refractivity contribution in [1.82, 2.24) is 5.32 Å². The Kier molecular flexibility index (Phi) is 7.82. The third-order valence-corrected chi connectivity index (χ3v) is 3.38. The lowest BCUT2D eigenvalue weighted by Gasteiger charge is -2.29. The summed E-state index contributed by atoms with van der Waals surface area (Å²) < 4.78 is 11.1. The fourth-order valence-corrected chi connectivity index (χ4v) is 2.25. The van der Waals surface area contributed by atoms with Gasteiger partial charge in [-0.15, -0.1) is 12.4 Å². The minimum atomic E-state index is -0.311. The van der Waals surface area contributed by atoms with E-state index in [4.69, 9.17) is 9.47 Å². The van der Waals surface area contributed by atoms with Crippen LogP contribution in [0.3, 0.4) is 0 Å². The van der Waals surface area contributed by atoms with Gasteiger partial charge in [0.15, 0.2) is 0 Å². The number of anilines is 1. The third kappa shape index (κ3) is 5.57. The van der Waals surface area contributed by atoms with E-state index >= 15 is 0 Å². The molecule has 1 fully saturated rings. The molecule has 0 spiro atoms. The highest BCUT2D eigenvalue weighted by atomic mass is 35.5. The summed E-state index contributed by atoms with van der Waals surface area (Å²) in [6, 6.07) is 7.42. The minimum Gasteiger partial charge on any atom is -0.375 e. The number of carbonyl (C=O) groups excluding carboxylic acids is 1. The van der Waals surface area contributed by atoms with Crippen molar-refractivity contribution in [3.8, 4) is 0 Å². The van der Waals surface area contributed by atoms with Crippen LogP contribution in [-0.4, -0.2) is 37.3 Å². The maximum atomic E-state index is 12.3. The summed E-state index contributed by atoms with van der Waals surface area (Å²) in [5.74, 6) is -0.0656. The number of morpholine rings is 1. The number of amides is 1. The predicted octanol–water partition coefficient (Wildman–Crippen LogP) is 2.35. The van der Waals surface area contributed by atoms with Gasteiger partial charge in [-0.2, -0.15) is 0 Å². The van der Waals surface area contributed by atoms with Crippen LogP contribution in [0.5, 0.6) is 0 Å². The van der Waals surface area contributed by atoms with Gasteiger partial charge in [0, 0.05) is 12.2 Å². The quantitative estimate of drug-likeness (QED) is 0.871. The average Bonchev–Trinajstić information content (AvgIpc) is 2.46. The number of hydrogen-bond acceptors (Lipinski definition) is 4. The van der Waals surface area contributed by atoms with Crippen LogP contribution in [-0.2, 0) is 20.9 Å². The number of benzene rings is 1. The van der Waals surface area contributed by atoms with Gasteiger partial charge < -0.3 is 20.1 Å². The van der Waals surface area contributed by atoms with Crippen molar-refractivity contribution in [3.05, 3.63) is 29.8 Å². The van der Waals surface area contributed by atoms with Crippen molar-refractivity contribution in [1.29, 1.82) is 0 Å². The Morgan fingerprint density at radius 1 is 1.50 bits per heavy atom. The standard InChI is InChI=1S/C16H24N2O3.ClH/c1-11(2)21-10-13-5-4-6-14(9-13)18-16(19)15-12(3)20-8-7-17-15;/h4-6,9,11-12,15,17H,7-8,10H2,1-3H3,(H,18,19);1H/t12-,15+;/m1./s1. The van der Waals surface area contributed by atoms with Crippen LogP contribution in [0.4, 0.5) is 5.69 Å². The Hall–Kier alpha value is -1.14. The van der Waals surface area contributed by atoms with E-state index in [-0.39, 0.29) is 36.6 Å². The van der Waals surface area contributed by atoms with Crippen molar-refractivity contribution in [3.63, 3.8) is 0 Å². The first-order valence-corrected chi connectivity index (χ1v) is 7.42. The van der Waals surface area contributed by atoms with Gasteiger partial charge in [0.05, 0.1) is 25.4 Å². The van der Waals surface area contributed by atoms with Gasteiger partial charge in [0.2, 0.25) is 5.91 Å². The SMILES string of the molecule is CC(C)OCc1cccc(NC(=O)[C@H]2NCCO[C@@H]2C)c1.Cl. The summed E-state index contributed by atoms with van der Waals surface area (Å²) in [4.78, 5) is 12.3. The maximum Gasteiger partial charge on any atom is 0.244 e. The molecule has 0 bridgehead atoms. The number of ether oxygens (including phenoxy) is 2. The second-order valence-electron chi connectivity index (χ2n) is 5.56. The Morgan fingerprint density at radius 2 is 2.27 bits per heavy atom. The number of carbonyl (C=O) groups is 1. The highest BCUT2D eigenvalue weighted by molar-refractivity contribution is 5.95. The molecule has 0 aliphatic carbocycles. The topological polar surface area (TPSA) is 59.6 Å². The second kappa shape index (κ2) is 9.10. The van der Waals surface area contributed by atoms with E-state index < -0.39 is 0 Å². The molecule has 0 saturated carbocycles. The van der Waals surface area contributed by atoms with Crippen molar-refractivity contribution < 1.29 is 14.3 Å². The van der Waals surface area contributed by atoms with Crippen LogP contribution < -0.4 is 10.6 Å². The molecule has 6 heteroatoms. The van der Waals surface area contributed by atoms with Crippen molar-refractivity contribution in [2.45, 2.75) is 45.6 Å². The molecule has 124 valence electrons. The van der Waals surface area contributed by atoms with Crippen molar-refractivity contribution >= 4 is 24.0 Å². The molecule has 5 nitrogen and oxygen atoms in total. The second-order valence-corrected chi connectivity index (χ2v) is 5.56. The molecule has 1 aliphatic heterocycles. The zero-order valence-corrected chi connectivity index (χ0v) is 14.1. The number of nitrogens with one attached hydrogen (secondary N) is 2. The molecule has 0 radical (unpaired) electrons. The summed E-state index contributed by atoms with van der Waals surface area (Å²) in [6.07, 6.45) is 0.0684. The summed E-state index contributed by atoms with van der Waals surface area (Å²) in [5, 5.41) is 6.11. The molecule has 2 atom stereocenters. The monoisotopic (exact) mass is 328 g/mol.